The third-order valence-electron chi connectivity index (χ3n) is 2.26. The van der Waals surface area contributed by atoms with Crippen LogP contribution in [-0.4, -0.2) is 18.2 Å². The molecule has 1 rings (SSSR count). The highest BCUT2D eigenvalue weighted by atomic mass is 19.1. The molecular weight excluding hydrogens is 207 g/mol. The van der Waals surface area contributed by atoms with Crippen LogP contribution in [0.3, 0.4) is 0 Å². The van der Waals surface area contributed by atoms with Gasteiger partial charge in [-0.25, -0.2) is 9.18 Å². The van der Waals surface area contributed by atoms with Crippen molar-refractivity contribution in [1.82, 2.24) is 0 Å². The minimum absolute atomic E-state index is 0.0484. The van der Waals surface area contributed by atoms with Crippen LogP contribution in [-0.2, 0) is 4.74 Å². The molecule has 0 fully saturated rings. The summed E-state index contributed by atoms with van der Waals surface area (Å²) in [6, 6.07) is 8.63. The summed E-state index contributed by atoms with van der Waals surface area (Å²) in [4.78, 5) is 11.4. The lowest BCUT2D eigenvalue weighted by molar-refractivity contribution is 0.0450. The number of ether oxygens (including phenoxy) is 1. The molecule has 1 aromatic carbocycles. The Labute approximate surface area is 94.7 Å². The van der Waals surface area contributed by atoms with Gasteiger partial charge in [0.05, 0.1) is 12.2 Å². The summed E-state index contributed by atoms with van der Waals surface area (Å²) in [7, 11) is 0. The first-order valence-electron chi connectivity index (χ1n) is 5.10. The minimum atomic E-state index is -1.49. The van der Waals surface area contributed by atoms with Crippen LogP contribution in [0.25, 0.3) is 0 Å². The van der Waals surface area contributed by atoms with Gasteiger partial charge in [-0.05, 0) is 19.1 Å². The zero-order chi connectivity index (χ0) is 12.0. The fourth-order valence-electron chi connectivity index (χ4n) is 1.10. The lowest BCUT2D eigenvalue weighted by Gasteiger charge is -2.14. The van der Waals surface area contributed by atoms with E-state index in [1.54, 1.807) is 24.3 Å². The Bertz CT molecular complexity index is 357. The Balaban J connectivity index is 2.40. The first-order chi connectivity index (χ1) is 7.55. The molecule has 0 aliphatic carbocycles. The number of allylic oxidation sites excluding steroid dienone is 1. The highest BCUT2D eigenvalue weighted by Crippen LogP contribution is 2.16. The van der Waals surface area contributed by atoms with Crippen LogP contribution in [0.5, 0.6) is 0 Å². The second-order valence-electron chi connectivity index (χ2n) is 3.73. The molecule has 0 saturated carbocycles. The molecule has 1 aromatic rings. The van der Waals surface area contributed by atoms with Crippen molar-refractivity contribution in [3.8, 4) is 0 Å². The molecule has 1 atom stereocenters. The number of alkyl halides is 1. The highest BCUT2D eigenvalue weighted by molar-refractivity contribution is 5.89. The SMILES string of the molecule is C=CC(C)(F)CCOC(=O)c1ccccc1. The molecule has 2 nitrogen and oxygen atoms in total. The maximum absolute atomic E-state index is 13.4. The van der Waals surface area contributed by atoms with E-state index < -0.39 is 11.6 Å². The van der Waals surface area contributed by atoms with Gasteiger partial charge < -0.3 is 4.74 Å². The van der Waals surface area contributed by atoms with E-state index in [2.05, 4.69) is 6.58 Å². The zero-order valence-electron chi connectivity index (χ0n) is 9.28. The maximum atomic E-state index is 13.4. The monoisotopic (exact) mass is 222 g/mol. The van der Waals surface area contributed by atoms with Crippen molar-refractivity contribution in [2.45, 2.75) is 19.0 Å². The summed E-state index contributed by atoms with van der Waals surface area (Å²) < 4.78 is 18.3. The molecule has 0 N–H and O–H groups in total. The molecule has 16 heavy (non-hydrogen) atoms. The van der Waals surface area contributed by atoms with Crippen LogP contribution in [0.2, 0.25) is 0 Å². The van der Waals surface area contributed by atoms with Gasteiger partial charge in [0.1, 0.15) is 5.67 Å². The zero-order valence-corrected chi connectivity index (χ0v) is 9.28. The molecule has 0 amide bonds. The van der Waals surface area contributed by atoms with Crippen molar-refractivity contribution < 1.29 is 13.9 Å². The molecule has 0 heterocycles. The summed E-state index contributed by atoms with van der Waals surface area (Å²) in [5.74, 6) is -0.430. The summed E-state index contributed by atoms with van der Waals surface area (Å²) in [6.07, 6.45) is 1.33. The highest BCUT2D eigenvalue weighted by Gasteiger charge is 2.18. The molecule has 0 saturated heterocycles. The first kappa shape index (κ1) is 12.4. The van der Waals surface area contributed by atoms with Crippen LogP contribution < -0.4 is 0 Å². The van der Waals surface area contributed by atoms with E-state index in [1.807, 2.05) is 6.07 Å². The lowest BCUT2D eigenvalue weighted by Crippen LogP contribution is -2.18. The Morgan fingerprint density at radius 2 is 2.12 bits per heavy atom. The Hall–Kier alpha value is -1.64. The van der Waals surface area contributed by atoms with Gasteiger partial charge in [0.15, 0.2) is 0 Å². The van der Waals surface area contributed by atoms with Crippen LogP contribution >= 0.6 is 0 Å². The largest absolute Gasteiger partial charge is 0.462 e. The minimum Gasteiger partial charge on any atom is -0.462 e. The molecule has 3 heteroatoms. The van der Waals surface area contributed by atoms with E-state index in [0.29, 0.717) is 5.56 Å². The van der Waals surface area contributed by atoms with Crippen molar-refractivity contribution >= 4 is 5.97 Å². The number of hydrogen-bond donors (Lipinski definition) is 0. The van der Waals surface area contributed by atoms with Crippen LogP contribution in [0.4, 0.5) is 4.39 Å². The van der Waals surface area contributed by atoms with Gasteiger partial charge in [-0.15, -0.1) is 0 Å². The van der Waals surface area contributed by atoms with Crippen molar-refractivity contribution in [3.05, 3.63) is 48.6 Å². The summed E-state index contributed by atoms with van der Waals surface area (Å²) in [6.45, 7) is 4.82. The predicted molar refractivity (Wildman–Crippen MR) is 61.1 cm³/mol. The van der Waals surface area contributed by atoms with Gasteiger partial charge in [0, 0.05) is 6.42 Å². The maximum Gasteiger partial charge on any atom is 0.338 e. The molecule has 86 valence electrons. The average Bonchev–Trinajstić information content (AvgIpc) is 2.30. The van der Waals surface area contributed by atoms with Gasteiger partial charge in [0.25, 0.3) is 0 Å². The van der Waals surface area contributed by atoms with Gasteiger partial charge in [0.2, 0.25) is 0 Å². The summed E-state index contributed by atoms with van der Waals surface area (Å²) in [5, 5.41) is 0. The lowest BCUT2D eigenvalue weighted by atomic mass is 10.1. The molecule has 0 aromatic heterocycles. The van der Waals surface area contributed by atoms with Crippen LogP contribution in [0, 0.1) is 0 Å². The number of rotatable bonds is 5. The number of carbonyl (C=O) groups is 1. The topological polar surface area (TPSA) is 26.3 Å². The van der Waals surface area contributed by atoms with E-state index >= 15 is 0 Å². The molecule has 0 aliphatic heterocycles. The van der Waals surface area contributed by atoms with Gasteiger partial charge >= 0.3 is 5.97 Å². The first-order valence-corrected chi connectivity index (χ1v) is 5.10. The fraction of sp³-hybridized carbons (Fsp3) is 0.308. The number of halogens is 1. The third kappa shape index (κ3) is 3.85. The molecule has 0 bridgehead atoms. The predicted octanol–water partition coefficient (Wildman–Crippen LogP) is 3.15. The normalized spacial score (nSPS) is 13.9. The second kappa shape index (κ2) is 5.45. The van der Waals surface area contributed by atoms with E-state index in [0.717, 1.165) is 0 Å². The van der Waals surface area contributed by atoms with E-state index in [4.69, 9.17) is 4.74 Å². The number of hydrogen-bond acceptors (Lipinski definition) is 2. The van der Waals surface area contributed by atoms with Crippen molar-refractivity contribution in [2.75, 3.05) is 6.61 Å². The van der Waals surface area contributed by atoms with E-state index in [-0.39, 0.29) is 13.0 Å². The molecule has 0 radical (unpaired) electrons. The summed E-state index contributed by atoms with van der Waals surface area (Å²) >= 11 is 0. The smallest absolute Gasteiger partial charge is 0.338 e. The molecule has 1 unspecified atom stereocenters. The second-order valence-corrected chi connectivity index (χ2v) is 3.73. The van der Waals surface area contributed by atoms with Crippen molar-refractivity contribution in [1.29, 1.82) is 0 Å². The standard InChI is InChI=1S/C13H15FO2/c1-3-13(2,14)9-10-16-12(15)11-7-5-4-6-8-11/h3-8H,1,9-10H2,2H3. The van der Waals surface area contributed by atoms with Crippen molar-refractivity contribution in [3.63, 3.8) is 0 Å². The fourth-order valence-corrected chi connectivity index (χ4v) is 1.10. The Morgan fingerprint density at radius 1 is 1.50 bits per heavy atom. The Morgan fingerprint density at radius 3 is 2.69 bits per heavy atom. The van der Waals surface area contributed by atoms with Gasteiger partial charge in [-0.2, -0.15) is 0 Å². The van der Waals surface area contributed by atoms with Gasteiger partial charge in [-0.1, -0.05) is 30.9 Å². The van der Waals surface area contributed by atoms with E-state index in [1.165, 1.54) is 13.0 Å². The van der Waals surface area contributed by atoms with Crippen LogP contribution in [0.1, 0.15) is 23.7 Å². The quantitative estimate of drug-likeness (QED) is 0.565. The molecule has 0 aliphatic rings. The number of benzene rings is 1. The molecular formula is C13H15FO2. The Kier molecular flexibility index (Phi) is 4.23. The summed E-state index contributed by atoms with van der Waals surface area (Å²) in [5.41, 5.74) is -1.02. The number of esters is 1. The van der Waals surface area contributed by atoms with Gasteiger partial charge in [-0.3, -0.25) is 0 Å². The third-order valence-corrected chi connectivity index (χ3v) is 2.26. The average molecular weight is 222 g/mol. The van der Waals surface area contributed by atoms with E-state index in [9.17, 15) is 9.18 Å². The number of carbonyl (C=O) groups excluding carboxylic acids is 1. The molecule has 0 spiro atoms. The van der Waals surface area contributed by atoms with Crippen molar-refractivity contribution in [2.24, 2.45) is 0 Å². The van der Waals surface area contributed by atoms with Crippen LogP contribution in [0.15, 0.2) is 43.0 Å².